The van der Waals surface area contributed by atoms with Crippen LogP contribution in [0, 0.1) is 5.82 Å². The predicted molar refractivity (Wildman–Crippen MR) is 79.7 cm³/mol. The van der Waals surface area contributed by atoms with E-state index in [1.807, 2.05) is 37.3 Å². The monoisotopic (exact) mass is 289 g/mol. The van der Waals surface area contributed by atoms with Gasteiger partial charge in [0.15, 0.2) is 0 Å². The van der Waals surface area contributed by atoms with E-state index in [4.69, 9.17) is 16.0 Å². The summed E-state index contributed by atoms with van der Waals surface area (Å²) in [5, 5.41) is 4.69. The van der Waals surface area contributed by atoms with Crippen LogP contribution in [0.5, 0.6) is 0 Å². The summed E-state index contributed by atoms with van der Waals surface area (Å²) >= 11 is 6.05. The Balaban J connectivity index is 1.88. The molecule has 0 aliphatic rings. The summed E-state index contributed by atoms with van der Waals surface area (Å²) in [4.78, 5) is 0. The average molecular weight is 290 g/mol. The molecule has 0 bridgehead atoms. The summed E-state index contributed by atoms with van der Waals surface area (Å²) in [6, 6.07) is 13.9. The first-order chi connectivity index (χ1) is 9.63. The van der Waals surface area contributed by atoms with Gasteiger partial charge in [0.05, 0.1) is 16.8 Å². The molecule has 3 rings (SSSR count). The van der Waals surface area contributed by atoms with Gasteiger partial charge >= 0.3 is 0 Å². The minimum Gasteiger partial charge on any atom is -0.459 e. The molecule has 0 fully saturated rings. The highest BCUT2D eigenvalue weighted by Crippen LogP contribution is 2.29. The second kappa shape index (κ2) is 5.17. The second-order valence-corrected chi connectivity index (χ2v) is 5.08. The lowest BCUT2D eigenvalue weighted by Crippen LogP contribution is -2.06. The van der Waals surface area contributed by atoms with E-state index in [0.717, 1.165) is 16.7 Å². The van der Waals surface area contributed by atoms with Crippen LogP contribution in [0.15, 0.2) is 52.9 Å². The molecule has 0 spiro atoms. The summed E-state index contributed by atoms with van der Waals surface area (Å²) in [5.41, 5.74) is 1.39. The van der Waals surface area contributed by atoms with E-state index in [2.05, 4.69) is 5.32 Å². The van der Waals surface area contributed by atoms with E-state index in [-0.39, 0.29) is 11.9 Å². The van der Waals surface area contributed by atoms with Crippen LogP contribution in [0.1, 0.15) is 18.7 Å². The number of benzene rings is 2. The van der Waals surface area contributed by atoms with Crippen molar-refractivity contribution in [3.8, 4) is 0 Å². The summed E-state index contributed by atoms with van der Waals surface area (Å²) in [7, 11) is 0. The molecule has 1 heterocycles. The van der Waals surface area contributed by atoms with Crippen molar-refractivity contribution in [1.82, 2.24) is 0 Å². The summed E-state index contributed by atoms with van der Waals surface area (Å²) in [6.07, 6.45) is 0. The predicted octanol–water partition coefficient (Wildman–Crippen LogP) is 5.40. The van der Waals surface area contributed by atoms with Crippen LogP contribution in [-0.2, 0) is 0 Å². The topological polar surface area (TPSA) is 25.2 Å². The second-order valence-electron chi connectivity index (χ2n) is 4.68. The number of para-hydroxylation sites is 1. The van der Waals surface area contributed by atoms with Crippen molar-refractivity contribution in [2.75, 3.05) is 5.32 Å². The molecule has 20 heavy (non-hydrogen) atoms. The maximum Gasteiger partial charge on any atom is 0.134 e. The van der Waals surface area contributed by atoms with Gasteiger partial charge in [-0.25, -0.2) is 4.39 Å². The first-order valence-corrected chi connectivity index (χ1v) is 6.71. The molecule has 2 aromatic carbocycles. The van der Waals surface area contributed by atoms with Crippen LogP contribution in [0.3, 0.4) is 0 Å². The minimum atomic E-state index is -0.325. The van der Waals surface area contributed by atoms with E-state index in [1.165, 1.54) is 18.2 Å². The summed E-state index contributed by atoms with van der Waals surface area (Å²) in [5.74, 6) is 0.459. The molecule has 3 aromatic rings. The van der Waals surface area contributed by atoms with Crippen LogP contribution < -0.4 is 5.32 Å². The zero-order valence-corrected chi connectivity index (χ0v) is 11.6. The molecule has 0 amide bonds. The van der Waals surface area contributed by atoms with Gasteiger partial charge in [-0.2, -0.15) is 0 Å². The third-order valence-corrected chi connectivity index (χ3v) is 3.50. The number of rotatable bonds is 3. The Hall–Kier alpha value is -2.00. The molecule has 0 saturated carbocycles. The largest absolute Gasteiger partial charge is 0.459 e. The summed E-state index contributed by atoms with van der Waals surface area (Å²) in [6.45, 7) is 1.94. The lowest BCUT2D eigenvalue weighted by atomic mass is 10.2. The van der Waals surface area contributed by atoms with Crippen molar-refractivity contribution in [2.45, 2.75) is 13.0 Å². The Morgan fingerprint density at radius 3 is 2.75 bits per heavy atom. The number of fused-ring (bicyclic) bond motifs is 1. The smallest absolute Gasteiger partial charge is 0.134 e. The number of anilines is 1. The van der Waals surface area contributed by atoms with Gasteiger partial charge in [0, 0.05) is 5.39 Å². The van der Waals surface area contributed by atoms with Gasteiger partial charge in [0.25, 0.3) is 0 Å². The molecule has 1 atom stereocenters. The molecule has 0 saturated heterocycles. The van der Waals surface area contributed by atoms with E-state index in [9.17, 15) is 4.39 Å². The van der Waals surface area contributed by atoms with E-state index >= 15 is 0 Å². The first-order valence-electron chi connectivity index (χ1n) is 6.33. The molecule has 4 heteroatoms. The SMILES string of the molecule is CC(Nc1cc(F)ccc1Cl)c1cc2ccccc2o1. The van der Waals surface area contributed by atoms with Crippen molar-refractivity contribution in [3.05, 3.63) is 65.1 Å². The van der Waals surface area contributed by atoms with Crippen molar-refractivity contribution < 1.29 is 8.81 Å². The minimum absolute atomic E-state index is 0.110. The third kappa shape index (κ3) is 2.49. The van der Waals surface area contributed by atoms with E-state index in [1.54, 1.807) is 0 Å². The highest BCUT2D eigenvalue weighted by atomic mass is 35.5. The van der Waals surface area contributed by atoms with Crippen LogP contribution in [0.25, 0.3) is 11.0 Å². The summed E-state index contributed by atoms with van der Waals surface area (Å²) < 4.78 is 19.0. The average Bonchev–Trinajstić information content (AvgIpc) is 2.87. The lowest BCUT2D eigenvalue weighted by Gasteiger charge is -2.14. The fourth-order valence-corrected chi connectivity index (χ4v) is 2.30. The molecule has 2 nitrogen and oxygen atoms in total. The Kier molecular flexibility index (Phi) is 3.36. The number of nitrogens with one attached hydrogen (secondary N) is 1. The standard InChI is InChI=1S/C16H13ClFNO/c1-10(19-14-9-12(18)6-7-13(14)17)16-8-11-4-2-3-5-15(11)20-16/h2-10,19H,1H3. The van der Waals surface area contributed by atoms with Gasteiger partial charge in [0.1, 0.15) is 17.2 Å². The number of halogens is 2. The maximum atomic E-state index is 13.2. The van der Waals surface area contributed by atoms with Gasteiger partial charge in [-0.1, -0.05) is 29.8 Å². The quantitative estimate of drug-likeness (QED) is 0.698. The Morgan fingerprint density at radius 1 is 1.15 bits per heavy atom. The van der Waals surface area contributed by atoms with Crippen molar-refractivity contribution in [1.29, 1.82) is 0 Å². The Morgan fingerprint density at radius 2 is 1.95 bits per heavy atom. The molecule has 0 aliphatic carbocycles. The molecule has 0 aliphatic heterocycles. The van der Waals surface area contributed by atoms with Gasteiger partial charge in [-0.3, -0.25) is 0 Å². The van der Waals surface area contributed by atoms with Crippen molar-refractivity contribution in [2.24, 2.45) is 0 Å². The van der Waals surface area contributed by atoms with Crippen LogP contribution >= 0.6 is 11.6 Å². The number of hydrogen-bond acceptors (Lipinski definition) is 2. The van der Waals surface area contributed by atoms with E-state index < -0.39 is 0 Å². The molecule has 1 unspecified atom stereocenters. The van der Waals surface area contributed by atoms with Gasteiger partial charge < -0.3 is 9.73 Å². The lowest BCUT2D eigenvalue weighted by molar-refractivity contribution is 0.526. The molecular formula is C16H13ClFNO. The fraction of sp³-hybridized carbons (Fsp3) is 0.125. The third-order valence-electron chi connectivity index (χ3n) is 3.17. The zero-order valence-electron chi connectivity index (χ0n) is 10.9. The van der Waals surface area contributed by atoms with Crippen molar-refractivity contribution in [3.63, 3.8) is 0 Å². The highest BCUT2D eigenvalue weighted by molar-refractivity contribution is 6.33. The van der Waals surface area contributed by atoms with Gasteiger partial charge in [-0.15, -0.1) is 0 Å². The highest BCUT2D eigenvalue weighted by Gasteiger charge is 2.13. The van der Waals surface area contributed by atoms with Gasteiger partial charge in [-0.05, 0) is 37.3 Å². The molecule has 1 N–H and O–H groups in total. The molecule has 102 valence electrons. The number of hydrogen-bond donors (Lipinski definition) is 1. The Labute approximate surface area is 121 Å². The van der Waals surface area contributed by atoms with Crippen LogP contribution in [0.2, 0.25) is 5.02 Å². The fourth-order valence-electron chi connectivity index (χ4n) is 2.13. The molecule has 0 radical (unpaired) electrons. The first kappa shape index (κ1) is 13.0. The van der Waals surface area contributed by atoms with Gasteiger partial charge in [0.2, 0.25) is 0 Å². The number of furan rings is 1. The van der Waals surface area contributed by atoms with E-state index in [0.29, 0.717) is 10.7 Å². The van der Waals surface area contributed by atoms with Crippen LogP contribution in [-0.4, -0.2) is 0 Å². The molecule has 1 aromatic heterocycles. The maximum absolute atomic E-state index is 13.2. The van der Waals surface area contributed by atoms with Crippen molar-refractivity contribution >= 4 is 28.3 Å². The zero-order chi connectivity index (χ0) is 14.1. The molecular weight excluding hydrogens is 277 g/mol. The Bertz CT molecular complexity index is 720. The normalized spacial score (nSPS) is 12.6. The van der Waals surface area contributed by atoms with Crippen LogP contribution in [0.4, 0.5) is 10.1 Å².